The number of nitrogens with zero attached hydrogens (tertiary/aromatic N) is 5. The Labute approximate surface area is 237 Å². The summed E-state index contributed by atoms with van der Waals surface area (Å²) in [6, 6.07) is 5.36. The summed E-state index contributed by atoms with van der Waals surface area (Å²) in [4.78, 5) is 37.6. The summed E-state index contributed by atoms with van der Waals surface area (Å²) in [6.07, 6.45) is -0.0224. The zero-order valence-corrected chi connectivity index (χ0v) is 23.5. The van der Waals surface area contributed by atoms with Crippen molar-refractivity contribution in [2.75, 3.05) is 46.3 Å². The lowest BCUT2D eigenvalue weighted by Gasteiger charge is -2.47. The average Bonchev–Trinajstić information content (AvgIpc) is 3.51. The number of aliphatic imine (C=N–C) groups is 1. The first-order chi connectivity index (χ1) is 19.5. The molecule has 0 spiro atoms. The number of amides is 1. The van der Waals surface area contributed by atoms with Crippen molar-refractivity contribution in [3.8, 4) is 11.1 Å². The van der Waals surface area contributed by atoms with Crippen LogP contribution in [0.5, 0.6) is 0 Å². The number of halogens is 2. The minimum Gasteiger partial charge on any atom is -0.341 e. The second-order valence-corrected chi connectivity index (χ2v) is 12.4. The summed E-state index contributed by atoms with van der Waals surface area (Å²) in [5.74, 6) is -1.47. The molecule has 0 saturated carbocycles. The van der Waals surface area contributed by atoms with Crippen molar-refractivity contribution in [2.45, 2.75) is 25.6 Å². The predicted octanol–water partition coefficient (Wildman–Crippen LogP) is 2.41. The van der Waals surface area contributed by atoms with E-state index in [1.807, 2.05) is 16.8 Å². The van der Waals surface area contributed by atoms with Gasteiger partial charge in [0.15, 0.2) is 11.6 Å². The molecule has 10 nitrogen and oxygen atoms in total. The molecule has 2 saturated heterocycles. The first-order valence-electron chi connectivity index (χ1n) is 13.4. The van der Waals surface area contributed by atoms with Gasteiger partial charge in [-0.3, -0.25) is 14.5 Å². The van der Waals surface area contributed by atoms with Gasteiger partial charge in [0.05, 0.1) is 0 Å². The van der Waals surface area contributed by atoms with Gasteiger partial charge in [0.1, 0.15) is 17.7 Å². The number of carbonyl (C=O) groups is 2. The molecule has 1 amide bonds. The minimum absolute atomic E-state index is 0.0230. The third-order valence-electron chi connectivity index (χ3n) is 8.32. The van der Waals surface area contributed by atoms with Crippen LogP contribution in [0.4, 0.5) is 14.5 Å². The summed E-state index contributed by atoms with van der Waals surface area (Å²) in [7, 11) is -1.82. The SMILES string of the molecule is C=CS(=O)(=O)NC1CCN(C2=Nc3c(cc4c(c3F)-c3c(F)cccc3C4=O)C(N3CCN(C(C)=O)CC3)N2C)C1. The maximum atomic E-state index is 16.5. The molecule has 2 unspecified atom stereocenters. The monoisotopic (exact) mass is 584 g/mol. The molecule has 216 valence electrons. The van der Waals surface area contributed by atoms with Crippen LogP contribution in [0.15, 0.2) is 41.2 Å². The Morgan fingerprint density at radius 1 is 1.12 bits per heavy atom. The van der Waals surface area contributed by atoms with Crippen molar-refractivity contribution in [3.63, 3.8) is 0 Å². The third kappa shape index (κ3) is 4.52. The molecule has 0 radical (unpaired) electrons. The zero-order chi connectivity index (χ0) is 29.2. The molecule has 4 aliphatic rings. The van der Waals surface area contributed by atoms with E-state index in [1.54, 1.807) is 11.0 Å². The van der Waals surface area contributed by atoms with Gasteiger partial charge in [0, 0.05) is 92.5 Å². The van der Waals surface area contributed by atoms with E-state index in [2.05, 4.69) is 16.2 Å². The predicted molar refractivity (Wildman–Crippen MR) is 149 cm³/mol. The van der Waals surface area contributed by atoms with E-state index in [0.29, 0.717) is 57.2 Å². The topological polar surface area (TPSA) is 106 Å². The molecule has 13 heteroatoms. The Hall–Kier alpha value is -3.68. The van der Waals surface area contributed by atoms with Crippen LogP contribution in [-0.4, -0.2) is 98.0 Å². The maximum Gasteiger partial charge on any atom is 0.233 e. The second kappa shape index (κ2) is 10.00. The van der Waals surface area contributed by atoms with Crippen molar-refractivity contribution in [1.82, 2.24) is 24.3 Å². The summed E-state index contributed by atoms with van der Waals surface area (Å²) >= 11 is 0. The lowest BCUT2D eigenvalue weighted by atomic mass is 9.96. The van der Waals surface area contributed by atoms with Crippen LogP contribution in [0, 0.1) is 11.6 Å². The molecule has 2 aromatic rings. The Bertz CT molecular complexity index is 1620. The molecule has 2 atom stereocenters. The smallest absolute Gasteiger partial charge is 0.233 e. The normalized spacial score (nSPS) is 22.4. The number of rotatable bonds is 4. The van der Waals surface area contributed by atoms with Gasteiger partial charge in [0.2, 0.25) is 21.9 Å². The van der Waals surface area contributed by atoms with Crippen LogP contribution < -0.4 is 4.72 Å². The fraction of sp³-hybridized carbons (Fsp3) is 0.393. The van der Waals surface area contributed by atoms with Crippen LogP contribution >= 0.6 is 0 Å². The van der Waals surface area contributed by atoms with E-state index in [1.165, 1.54) is 25.1 Å². The number of fused-ring (bicyclic) bond motifs is 4. The first kappa shape index (κ1) is 27.5. The van der Waals surface area contributed by atoms with Crippen molar-refractivity contribution in [1.29, 1.82) is 0 Å². The van der Waals surface area contributed by atoms with E-state index in [0.717, 1.165) is 5.41 Å². The van der Waals surface area contributed by atoms with Crippen LogP contribution in [0.1, 0.15) is 41.0 Å². The second-order valence-electron chi connectivity index (χ2n) is 10.7. The third-order valence-corrected chi connectivity index (χ3v) is 9.42. The molecular formula is C28H30F2N6O4S. The fourth-order valence-electron chi connectivity index (χ4n) is 6.34. The molecule has 1 N–H and O–H groups in total. The molecule has 2 fully saturated rings. The Morgan fingerprint density at radius 3 is 2.54 bits per heavy atom. The molecule has 41 heavy (non-hydrogen) atoms. The number of nitrogens with one attached hydrogen (secondary N) is 1. The van der Waals surface area contributed by atoms with Gasteiger partial charge in [-0.15, -0.1) is 0 Å². The number of hydrogen-bond donors (Lipinski definition) is 1. The number of benzene rings is 2. The number of sulfonamides is 1. The van der Waals surface area contributed by atoms with Gasteiger partial charge in [-0.2, -0.15) is 0 Å². The van der Waals surface area contributed by atoms with Crippen molar-refractivity contribution in [2.24, 2.45) is 4.99 Å². The highest BCUT2D eigenvalue weighted by atomic mass is 32.2. The van der Waals surface area contributed by atoms with E-state index < -0.39 is 39.6 Å². The standard InChI is InChI=1S/C28H30F2N6O4S/c1-4-41(39,40)32-17-8-9-36(15-17)28-31-25-20(27(33(28)3)35-12-10-34(11-13-35)16(2)37)14-19-23(24(25)30)22-18(26(19)38)6-5-7-21(22)29/h4-7,14,17,27,32H,1,8-13,15H2,2-3H3. The van der Waals surface area contributed by atoms with Crippen molar-refractivity contribution >= 4 is 33.4 Å². The number of ketones is 1. The van der Waals surface area contributed by atoms with E-state index in [-0.39, 0.29) is 33.8 Å². The highest BCUT2D eigenvalue weighted by molar-refractivity contribution is 7.92. The average molecular weight is 585 g/mol. The zero-order valence-electron chi connectivity index (χ0n) is 22.7. The number of carbonyl (C=O) groups excluding carboxylic acids is 2. The molecule has 0 bridgehead atoms. The molecule has 1 aliphatic carbocycles. The first-order valence-corrected chi connectivity index (χ1v) is 15.0. The van der Waals surface area contributed by atoms with Crippen LogP contribution in [0.3, 0.4) is 0 Å². The molecular weight excluding hydrogens is 554 g/mol. The summed E-state index contributed by atoms with van der Waals surface area (Å²) in [5, 5.41) is 0.862. The molecule has 2 aromatic carbocycles. The van der Waals surface area contributed by atoms with E-state index >= 15 is 4.39 Å². The van der Waals surface area contributed by atoms with Gasteiger partial charge in [-0.05, 0) is 18.6 Å². The summed E-state index contributed by atoms with van der Waals surface area (Å²) in [5.41, 5.74) is 0.564. The summed E-state index contributed by atoms with van der Waals surface area (Å²) in [6.45, 7) is 7.62. The fourth-order valence-corrected chi connectivity index (χ4v) is 7.09. The van der Waals surface area contributed by atoms with Gasteiger partial charge in [0.25, 0.3) is 0 Å². The number of guanidine groups is 1. The van der Waals surface area contributed by atoms with Crippen molar-refractivity contribution < 1.29 is 26.8 Å². The van der Waals surface area contributed by atoms with E-state index in [4.69, 9.17) is 4.99 Å². The highest BCUT2D eigenvalue weighted by Crippen LogP contribution is 2.48. The Balaban J connectivity index is 1.45. The molecule has 3 aliphatic heterocycles. The largest absolute Gasteiger partial charge is 0.341 e. The highest BCUT2D eigenvalue weighted by Gasteiger charge is 2.42. The Morgan fingerprint density at radius 2 is 1.85 bits per heavy atom. The molecule has 0 aromatic heterocycles. The lowest BCUT2D eigenvalue weighted by molar-refractivity contribution is -0.131. The van der Waals surface area contributed by atoms with Gasteiger partial charge >= 0.3 is 0 Å². The maximum absolute atomic E-state index is 16.5. The quantitative estimate of drug-likeness (QED) is 0.502. The minimum atomic E-state index is -3.64. The van der Waals surface area contributed by atoms with E-state index in [9.17, 15) is 22.4 Å². The molecule has 6 rings (SSSR count). The number of hydrogen-bond acceptors (Lipinski definition) is 8. The Kier molecular flexibility index (Phi) is 6.70. The number of piperazine rings is 1. The van der Waals surface area contributed by atoms with Gasteiger partial charge < -0.3 is 14.7 Å². The van der Waals surface area contributed by atoms with Crippen LogP contribution in [0.2, 0.25) is 0 Å². The number of likely N-dealkylation sites (tertiary alicyclic amines) is 1. The van der Waals surface area contributed by atoms with Crippen molar-refractivity contribution in [3.05, 3.63) is 64.6 Å². The van der Waals surface area contributed by atoms with Gasteiger partial charge in [-0.25, -0.2) is 26.9 Å². The van der Waals surface area contributed by atoms with Crippen LogP contribution in [-0.2, 0) is 14.8 Å². The van der Waals surface area contributed by atoms with Crippen LogP contribution in [0.25, 0.3) is 11.1 Å². The summed E-state index contributed by atoms with van der Waals surface area (Å²) < 4.78 is 58.2. The lowest BCUT2D eigenvalue weighted by Crippen LogP contribution is -2.55. The molecule has 3 heterocycles. The van der Waals surface area contributed by atoms with Gasteiger partial charge in [-0.1, -0.05) is 18.7 Å².